The molecule has 0 aromatic rings. The molecule has 1 aliphatic heterocycles. The number of hydrogen-bond donors (Lipinski definition) is 3. The van der Waals surface area contributed by atoms with E-state index in [0.717, 1.165) is 19.5 Å². The molecule has 3 amide bonds. The number of rotatable bonds is 4. The topological polar surface area (TPSA) is 87.5 Å². The van der Waals surface area contributed by atoms with Crippen LogP contribution < -0.4 is 16.4 Å². The maximum absolute atomic E-state index is 11.4. The fraction of sp³-hybridized carbons (Fsp3) is 0.833. The summed E-state index contributed by atoms with van der Waals surface area (Å²) in [5, 5.41) is 4.62. The zero-order valence-corrected chi connectivity index (χ0v) is 11.2. The molecule has 0 aliphatic carbocycles. The Morgan fingerprint density at radius 1 is 1.44 bits per heavy atom. The van der Waals surface area contributed by atoms with E-state index in [1.807, 2.05) is 0 Å². The summed E-state index contributed by atoms with van der Waals surface area (Å²) in [5.74, 6) is 0.934. The van der Waals surface area contributed by atoms with Crippen LogP contribution in [0.2, 0.25) is 0 Å². The number of urea groups is 1. The predicted molar refractivity (Wildman–Crippen MR) is 70.0 cm³/mol. The van der Waals surface area contributed by atoms with Gasteiger partial charge in [0, 0.05) is 26.6 Å². The molecular formula is C12H24N4O2. The van der Waals surface area contributed by atoms with Gasteiger partial charge in [-0.3, -0.25) is 10.1 Å². The highest BCUT2D eigenvalue weighted by Gasteiger charge is 2.25. The Kier molecular flexibility index (Phi) is 6.07. The summed E-state index contributed by atoms with van der Waals surface area (Å²) in [6.45, 7) is 5.57. The molecule has 1 rings (SSSR count). The number of imide groups is 1. The average Bonchev–Trinajstić information content (AvgIpc) is 2.37. The number of carbonyl (C=O) groups excluding carboxylic acids is 2. The summed E-state index contributed by atoms with van der Waals surface area (Å²) in [6, 6.07) is -0.452. The van der Waals surface area contributed by atoms with E-state index in [4.69, 9.17) is 5.73 Å². The van der Waals surface area contributed by atoms with E-state index in [1.165, 1.54) is 7.05 Å². The number of carbonyl (C=O) groups is 2. The molecule has 104 valence electrons. The lowest BCUT2D eigenvalue weighted by Crippen LogP contribution is -2.44. The number of amides is 3. The number of likely N-dealkylation sites (tertiary alicyclic amines) is 1. The fourth-order valence-electron chi connectivity index (χ4n) is 2.25. The van der Waals surface area contributed by atoms with E-state index in [0.29, 0.717) is 31.3 Å². The average molecular weight is 256 g/mol. The third-order valence-electron chi connectivity index (χ3n) is 3.64. The number of nitrogens with one attached hydrogen (secondary N) is 2. The van der Waals surface area contributed by atoms with Crippen LogP contribution in [0.4, 0.5) is 4.79 Å². The lowest BCUT2D eigenvalue weighted by atomic mass is 9.87. The summed E-state index contributed by atoms with van der Waals surface area (Å²) in [4.78, 5) is 24.6. The third kappa shape index (κ3) is 4.62. The van der Waals surface area contributed by atoms with Crippen LogP contribution in [0.3, 0.4) is 0 Å². The van der Waals surface area contributed by atoms with Crippen LogP contribution in [0, 0.1) is 11.8 Å². The van der Waals surface area contributed by atoms with E-state index >= 15 is 0 Å². The molecule has 0 aromatic heterocycles. The second-order valence-corrected chi connectivity index (χ2v) is 4.94. The summed E-state index contributed by atoms with van der Waals surface area (Å²) in [7, 11) is 1.49. The lowest BCUT2D eigenvalue weighted by Gasteiger charge is -2.36. The Labute approximate surface area is 108 Å². The normalized spacial score (nSPS) is 24.6. The zero-order chi connectivity index (χ0) is 13.5. The molecular weight excluding hydrogens is 232 g/mol. The van der Waals surface area contributed by atoms with Gasteiger partial charge in [0.2, 0.25) is 5.91 Å². The van der Waals surface area contributed by atoms with Crippen molar-refractivity contribution < 1.29 is 9.59 Å². The van der Waals surface area contributed by atoms with Crippen LogP contribution in [0.25, 0.3) is 0 Å². The molecule has 6 heteroatoms. The first-order valence-corrected chi connectivity index (χ1v) is 6.50. The second kappa shape index (κ2) is 7.33. The number of nitrogens with two attached hydrogens (primary N) is 1. The Balaban J connectivity index is 2.27. The van der Waals surface area contributed by atoms with Crippen molar-refractivity contribution in [2.24, 2.45) is 17.6 Å². The molecule has 0 aromatic carbocycles. The van der Waals surface area contributed by atoms with E-state index in [9.17, 15) is 9.59 Å². The first-order chi connectivity index (χ1) is 8.56. The molecule has 2 atom stereocenters. The molecule has 4 N–H and O–H groups in total. The maximum atomic E-state index is 11.4. The van der Waals surface area contributed by atoms with Crippen molar-refractivity contribution in [1.29, 1.82) is 0 Å². The third-order valence-corrected chi connectivity index (χ3v) is 3.64. The molecule has 0 spiro atoms. The Hall–Kier alpha value is -1.14. The van der Waals surface area contributed by atoms with Gasteiger partial charge in [-0.1, -0.05) is 6.92 Å². The van der Waals surface area contributed by atoms with Crippen molar-refractivity contribution in [3.8, 4) is 0 Å². The van der Waals surface area contributed by atoms with E-state index < -0.39 is 6.03 Å². The SMILES string of the molecule is CNC(=O)NC(=O)CCN1CCC(C)C(CN)C1. The van der Waals surface area contributed by atoms with Crippen molar-refractivity contribution in [2.45, 2.75) is 19.8 Å². The van der Waals surface area contributed by atoms with Crippen LogP contribution in [0.5, 0.6) is 0 Å². The molecule has 0 radical (unpaired) electrons. The van der Waals surface area contributed by atoms with Crippen LogP contribution >= 0.6 is 0 Å². The van der Waals surface area contributed by atoms with E-state index in [-0.39, 0.29) is 5.91 Å². The van der Waals surface area contributed by atoms with Crippen LogP contribution in [-0.4, -0.2) is 50.1 Å². The fourth-order valence-corrected chi connectivity index (χ4v) is 2.25. The van der Waals surface area contributed by atoms with Gasteiger partial charge in [-0.25, -0.2) is 4.79 Å². The van der Waals surface area contributed by atoms with Crippen molar-refractivity contribution in [3.05, 3.63) is 0 Å². The standard InChI is InChI=1S/C12H24N4O2/c1-9-3-5-16(8-10(9)7-13)6-4-11(17)15-12(18)14-2/h9-10H,3-8,13H2,1-2H3,(H2,14,15,17,18). The van der Waals surface area contributed by atoms with E-state index in [1.54, 1.807) is 0 Å². The van der Waals surface area contributed by atoms with Gasteiger partial charge in [-0.15, -0.1) is 0 Å². The van der Waals surface area contributed by atoms with Gasteiger partial charge in [0.15, 0.2) is 0 Å². The van der Waals surface area contributed by atoms with E-state index in [2.05, 4.69) is 22.5 Å². The van der Waals surface area contributed by atoms with Crippen LogP contribution in [0.1, 0.15) is 19.8 Å². The molecule has 1 saturated heterocycles. The molecule has 18 heavy (non-hydrogen) atoms. The molecule has 1 aliphatic rings. The molecule has 1 fully saturated rings. The highest BCUT2D eigenvalue weighted by atomic mass is 16.2. The van der Waals surface area contributed by atoms with Gasteiger partial charge in [-0.05, 0) is 31.3 Å². The van der Waals surface area contributed by atoms with Crippen molar-refractivity contribution in [1.82, 2.24) is 15.5 Å². The van der Waals surface area contributed by atoms with Crippen molar-refractivity contribution in [3.63, 3.8) is 0 Å². The molecule has 0 saturated carbocycles. The Morgan fingerprint density at radius 3 is 2.78 bits per heavy atom. The van der Waals surface area contributed by atoms with Crippen LogP contribution in [0.15, 0.2) is 0 Å². The van der Waals surface area contributed by atoms with Gasteiger partial charge in [-0.2, -0.15) is 0 Å². The Morgan fingerprint density at radius 2 is 2.17 bits per heavy atom. The largest absolute Gasteiger partial charge is 0.341 e. The smallest absolute Gasteiger partial charge is 0.321 e. The van der Waals surface area contributed by atoms with Crippen LogP contribution in [-0.2, 0) is 4.79 Å². The zero-order valence-electron chi connectivity index (χ0n) is 11.2. The molecule has 6 nitrogen and oxygen atoms in total. The molecule has 2 unspecified atom stereocenters. The molecule has 0 bridgehead atoms. The maximum Gasteiger partial charge on any atom is 0.321 e. The van der Waals surface area contributed by atoms with Gasteiger partial charge in [0.25, 0.3) is 0 Å². The summed E-state index contributed by atoms with van der Waals surface area (Å²) in [5.41, 5.74) is 5.74. The quantitative estimate of drug-likeness (QED) is 0.647. The van der Waals surface area contributed by atoms with Crippen molar-refractivity contribution >= 4 is 11.9 Å². The van der Waals surface area contributed by atoms with Gasteiger partial charge in [0.1, 0.15) is 0 Å². The summed E-state index contributed by atoms with van der Waals surface area (Å²) in [6.07, 6.45) is 1.47. The first kappa shape index (κ1) is 14.9. The minimum atomic E-state index is -0.452. The van der Waals surface area contributed by atoms with Gasteiger partial charge >= 0.3 is 6.03 Å². The minimum Gasteiger partial charge on any atom is -0.341 e. The molecule has 1 heterocycles. The minimum absolute atomic E-state index is 0.239. The first-order valence-electron chi connectivity index (χ1n) is 6.50. The number of piperidine rings is 1. The van der Waals surface area contributed by atoms with Gasteiger partial charge in [0.05, 0.1) is 0 Å². The number of hydrogen-bond acceptors (Lipinski definition) is 4. The summed E-state index contributed by atoms with van der Waals surface area (Å²) >= 11 is 0. The predicted octanol–water partition coefficient (Wildman–Crippen LogP) is -0.251. The Bertz CT molecular complexity index is 296. The highest BCUT2D eigenvalue weighted by molar-refractivity contribution is 5.94. The summed E-state index contributed by atoms with van der Waals surface area (Å²) < 4.78 is 0. The highest BCUT2D eigenvalue weighted by Crippen LogP contribution is 2.21. The second-order valence-electron chi connectivity index (χ2n) is 4.94. The lowest BCUT2D eigenvalue weighted by molar-refractivity contribution is -0.120. The van der Waals surface area contributed by atoms with Crippen molar-refractivity contribution in [2.75, 3.05) is 33.2 Å². The number of nitrogens with zero attached hydrogens (tertiary/aromatic N) is 1. The monoisotopic (exact) mass is 256 g/mol. The van der Waals surface area contributed by atoms with Gasteiger partial charge < -0.3 is 16.0 Å².